The highest BCUT2D eigenvalue weighted by molar-refractivity contribution is 5.74. The Morgan fingerprint density at radius 3 is 1.98 bits per heavy atom. The van der Waals surface area contributed by atoms with Crippen molar-refractivity contribution in [1.29, 1.82) is 0 Å². The van der Waals surface area contributed by atoms with Crippen LogP contribution in [0.3, 0.4) is 0 Å². The number of nitrogens with one attached hydrogen (secondary N) is 1. The van der Waals surface area contributed by atoms with Crippen molar-refractivity contribution < 1.29 is 37.7 Å². The lowest BCUT2D eigenvalue weighted by Crippen LogP contribution is -2.42. The van der Waals surface area contributed by atoms with Gasteiger partial charge >= 0.3 is 12.0 Å². The minimum Gasteiger partial charge on any atom is -0.494 e. The van der Waals surface area contributed by atoms with Crippen molar-refractivity contribution in [2.75, 3.05) is 32.9 Å². The van der Waals surface area contributed by atoms with Gasteiger partial charge in [-0.2, -0.15) is 0 Å². The number of urea groups is 1. The number of halogens is 2. The number of hydrogen-bond acceptors (Lipinski definition) is 5. The molecule has 3 aromatic carbocycles. The van der Waals surface area contributed by atoms with E-state index in [-0.39, 0.29) is 37.2 Å². The molecule has 1 unspecified atom stereocenters. The highest BCUT2D eigenvalue weighted by Gasteiger charge is 2.18. The topological polar surface area (TPSA) is 97.3 Å². The Hall–Kier alpha value is -4.18. The third kappa shape index (κ3) is 11.4. The second-order valence-corrected chi connectivity index (χ2v) is 9.26. The van der Waals surface area contributed by atoms with Gasteiger partial charge in [-0.1, -0.05) is 24.3 Å². The van der Waals surface area contributed by atoms with Crippen LogP contribution >= 0.6 is 0 Å². The van der Waals surface area contributed by atoms with Crippen LogP contribution in [0, 0.1) is 11.6 Å². The summed E-state index contributed by atoms with van der Waals surface area (Å²) in [5, 5.41) is 12.1. The van der Waals surface area contributed by atoms with Crippen LogP contribution in [-0.2, 0) is 22.5 Å². The number of rotatable bonds is 17. The van der Waals surface area contributed by atoms with E-state index >= 15 is 0 Å². The molecule has 10 heteroatoms. The van der Waals surface area contributed by atoms with Crippen LogP contribution in [0.15, 0.2) is 72.8 Å². The van der Waals surface area contributed by atoms with Gasteiger partial charge < -0.3 is 29.5 Å². The van der Waals surface area contributed by atoms with E-state index in [1.54, 1.807) is 60.4 Å². The molecule has 0 aromatic heterocycles. The smallest absolute Gasteiger partial charge is 0.333 e. The quantitative estimate of drug-likeness (QED) is 0.210. The predicted octanol–water partition coefficient (Wildman–Crippen LogP) is 5.45. The minimum atomic E-state index is -1.01. The summed E-state index contributed by atoms with van der Waals surface area (Å²) in [6, 6.07) is 18.6. The van der Waals surface area contributed by atoms with Gasteiger partial charge in [0.25, 0.3) is 0 Å². The number of amides is 2. The molecule has 0 aliphatic rings. The SMILES string of the molecule is CCOC(Cc1ccc(OCCN(CCCCOc2ccc(F)cc2)C(=O)NCc2ccc(F)cc2)cc1)C(=O)O. The zero-order chi connectivity index (χ0) is 29.5. The maximum absolute atomic E-state index is 13.2. The average molecular weight is 571 g/mol. The van der Waals surface area contributed by atoms with Gasteiger partial charge in [0.05, 0.1) is 13.2 Å². The first-order valence-corrected chi connectivity index (χ1v) is 13.6. The van der Waals surface area contributed by atoms with Gasteiger partial charge in [-0.3, -0.25) is 0 Å². The van der Waals surface area contributed by atoms with Gasteiger partial charge in [0.15, 0.2) is 6.10 Å². The van der Waals surface area contributed by atoms with Gasteiger partial charge in [-0.25, -0.2) is 18.4 Å². The number of carbonyl (C=O) groups excluding carboxylic acids is 1. The van der Waals surface area contributed by atoms with Crippen molar-refractivity contribution in [3.8, 4) is 11.5 Å². The van der Waals surface area contributed by atoms with Crippen molar-refractivity contribution in [2.24, 2.45) is 0 Å². The summed E-state index contributed by atoms with van der Waals surface area (Å²) < 4.78 is 43.0. The summed E-state index contributed by atoms with van der Waals surface area (Å²) in [5.41, 5.74) is 1.58. The Bertz CT molecular complexity index is 1210. The number of nitrogens with zero attached hydrogens (tertiary/aromatic N) is 1. The fourth-order valence-electron chi connectivity index (χ4n) is 3.96. The normalized spacial score (nSPS) is 11.5. The highest BCUT2D eigenvalue weighted by Crippen LogP contribution is 2.15. The summed E-state index contributed by atoms with van der Waals surface area (Å²) in [5.74, 6) is -0.503. The molecule has 0 saturated carbocycles. The maximum atomic E-state index is 13.2. The van der Waals surface area contributed by atoms with Crippen molar-refractivity contribution in [3.63, 3.8) is 0 Å². The molecular formula is C31H36F2N2O6. The molecule has 3 rings (SSSR count). The zero-order valence-electron chi connectivity index (χ0n) is 23.1. The molecule has 0 aliphatic heterocycles. The number of aliphatic carboxylic acids is 1. The summed E-state index contributed by atoms with van der Waals surface area (Å²) in [7, 11) is 0. The number of hydrogen-bond donors (Lipinski definition) is 2. The minimum absolute atomic E-state index is 0.242. The van der Waals surface area contributed by atoms with E-state index in [2.05, 4.69) is 5.32 Å². The van der Waals surface area contributed by atoms with Gasteiger partial charge in [-0.05, 0) is 79.4 Å². The molecule has 0 heterocycles. The van der Waals surface area contributed by atoms with Crippen LogP contribution in [0.5, 0.6) is 11.5 Å². The molecule has 3 aromatic rings. The van der Waals surface area contributed by atoms with E-state index in [4.69, 9.17) is 14.2 Å². The van der Waals surface area contributed by atoms with Crippen molar-refractivity contribution >= 4 is 12.0 Å². The molecule has 41 heavy (non-hydrogen) atoms. The highest BCUT2D eigenvalue weighted by atomic mass is 19.1. The Balaban J connectivity index is 1.49. The van der Waals surface area contributed by atoms with Gasteiger partial charge in [0.2, 0.25) is 0 Å². The van der Waals surface area contributed by atoms with Gasteiger partial charge in [-0.15, -0.1) is 0 Å². The van der Waals surface area contributed by atoms with Crippen LogP contribution in [0.25, 0.3) is 0 Å². The lowest BCUT2D eigenvalue weighted by molar-refractivity contribution is -0.149. The van der Waals surface area contributed by atoms with Crippen LogP contribution in [0.2, 0.25) is 0 Å². The number of carbonyl (C=O) groups is 2. The number of carboxylic acid groups (broad SMARTS) is 1. The lowest BCUT2D eigenvalue weighted by Gasteiger charge is -2.23. The summed E-state index contributed by atoms with van der Waals surface area (Å²) in [4.78, 5) is 25.9. The Labute approximate surface area is 238 Å². The van der Waals surface area contributed by atoms with Crippen molar-refractivity contribution in [3.05, 3.63) is 95.6 Å². The third-order valence-corrected chi connectivity index (χ3v) is 6.17. The summed E-state index contributed by atoms with van der Waals surface area (Å²) in [6.07, 6.45) is 0.691. The van der Waals surface area contributed by atoms with Crippen LogP contribution in [0.1, 0.15) is 30.9 Å². The molecule has 220 valence electrons. The van der Waals surface area contributed by atoms with E-state index in [1.807, 2.05) is 0 Å². The molecule has 0 radical (unpaired) electrons. The maximum Gasteiger partial charge on any atom is 0.333 e. The first-order chi connectivity index (χ1) is 19.8. The second kappa shape index (κ2) is 16.8. The first kappa shape index (κ1) is 31.3. The molecule has 1 atom stereocenters. The lowest BCUT2D eigenvalue weighted by atomic mass is 10.1. The van der Waals surface area contributed by atoms with Crippen molar-refractivity contribution in [2.45, 2.75) is 38.8 Å². The molecule has 0 spiro atoms. The van der Waals surface area contributed by atoms with Gasteiger partial charge in [0, 0.05) is 26.1 Å². The molecule has 8 nitrogen and oxygen atoms in total. The van der Waals surface area contributed by atoms with Crippen LogP contribution in [-0.4, -0.2) is 61.0 Å². The van der Waals surface area contributed by atoms with Crippen LogP contribution < -0.4 is 14.8 Å². The molecular weight excluding hydrogens is 534 g/mol. The Kier molecular flexibility index (Phi) is 12.9. The predicted molar refractivity (Wildman–Crippen MR) is 150 cm³/mol. The Morgan fingerprint density at radius 1 is 0.805 bits per heavy atom. The standard InChI is InChI=1S/C31H36F2N2O6/c1-2-39-29(30(36)37)21-23-7-13-27(14-8-23)41-20-18-35(31(38)34-22-24-5-9-25(32)10-6-24)17-3-4-19-40-28-15-11-26(33)12-16-28/h5-16,29H,2-4,17-22H2,1H3,(H,34,38)(H,36,37). The summed E-state index contributed by atoms with van der Waals surface area (Å²) in [6.45, 7) is 3.76. The fourth-order valence-corrected chi connectivity index (χ4v) is 3.96. The number of ether oxygens (including phenoxy) is 3. The van der Waals surface area contributed by atoms with E-state index < -0.39 is 12.1 Å². The van der Waals surface area contributed by atoms with E-state index in [1.165, 1.54) is 24.3 Å². The van der Waals surface area contributed by atoms with E-state index in [0.29, 0.717) is 50.6 Å². The largest absolute Gasteiger partial charge is 0.494 e. The number of benzene rings is 3. The van der Waals surface area contributed by atoms with E-state index in [0.717, 1.165) is 11.1 Å². The van der Waals surface area contributed by atoms with Crippen molar-refractivity contribution in [1.82, 2.24) is 10.2 Å². The van der Waals surface area contributed by atoms with Crippen LogP contribution in [0.4, 0.5) is 13.6 Å². The average Bonchev–Trinajstić information content (AvgIpc) is 2.97. The molecule has 2 amide bonds. The third-order valence-electron chi connectivity index (χ3n) is 6.17. The fraction of sp³-hybridized carbons (Fsp3) is 0.355. The van der Waals surface area contributed by atoms with Gasteiger partial charge in [0.1, 0.15) is 29.7 Å². The van der Waals surface area contributed by atoms with E-state index in [9.17, 15) is 23.5 Å². The first-order valence-electron chi connectivity index (χ1n) is 13.6. The Morgan fingerprint density at radius 2 is 1.37 bits per heavy atom. The molecule has 0 aliphatic carbocycles. The molecule has 0 fully saturated rings. The molecule has 2 N–H and O–H groups in total. The zero-order valence-corrected chi connectivity index (χ0v) is 23.1. The second-order valence-electron chi connectivity index (χ2n) is 9.26. The monoisotopic (exact) mass is 570 g/mol. The number of unbranched alkanes of at least 4 members (excludes halogenated alkanes) is 1. The molecule has 0 bridgehead atoms. The molecule has 0 saturated heterocycles. The summed E-state index contributed by atoms with van der Waals surface area (Å²) >= 11 is 0. The number of carboxylic acids is 1.